The fourth-order valence-electron chi connectivity index (χ4n) is 2.63. The second-order valence-corrected chi connectivity index (χ2v) is 6.30. The first kappa shape index (κ1) is 14.4. The third kappa shape index (κ3) is 2.40. The van der Waals surface area contributed by atoms with E-state index in [9.17, 15) is 0 Å². The van der Waals surface area contributed by atoms with Gasteiger partial charge in [-0.1, -0.05) is 6.07 Å². The molecule has 0 saturated heterocycles. The lowest BCUT2D eigenvalue weighted by Crippen LogP contribution is -1.99. The molecule has 0 spiro atoms. The minimum atomic E-state index is 0.672. The van der Waals surface area contributed by atoms with Gasteiger partial charge in [0, 0.05) is 10.5 Å². The first-order valence-electron chi connectivity index (χ1n) is 6.57. The van der Waals surface area contributed by atoms with Crippen LogP contribution in [0.1, 0.15) is 11.1 Å². The van der Waals surface area contributed by atoms with E-state index < -0.39 is 0 Å². The lowest BCUT2D eigenvalue weighted by Gasteiger charge is -2.12. The van der Waals surface area contributed by atoms with Crippen LogP contribution in [0.4, 0.5) is 0 Å². The van der Waals surface area contributed by atoms with Crippen molar-refractivity contribution >= 4 is 39.2 Å². The number of H-pyrrole nitrogens is 1. The normalized spacial score (nSPS) is 11.0. The minimum absolute atomic E-state index is 0.672. The van der Waals surface area contributed by atoms with Crippen LogP contribution in [0.3, 0.4) is 0 Å². The predicted molar refractivity (Wildman–Crippen MR) is 92.2 cm³/mol. The smallest absolute Gasteiger partial charge is 0.182 e. The molecule has 1 N–H and O–H groups in total. The van der Waals surface area contributed by atoms with Crippen molar-refractivity contribution < 1.29 is 4.74 Å². The van der Waals surface area contributed by atoms with Gasteiger partial charge >= 0.3 is 0 Å². The number of imidazole rings is 1. The Kier molecular flexibility index (Phi) is 3.63. The van der Waals surface area contributed by atoms with Gasteiger partial charge < -0.3 is 9.72 Å². The summed E-state index contributed by atoms with van der Waals surface area (Å²) in [4.78, 5) is 3.25. The van der Waals surface area contributed by atoms with E-state index in [4.69, 9.17) is 17.0 Å². The molecule has 0 bridgehead atoms. The molecule has 1 aromatic heterocycles. The molecule has 1 heterocycles. The van der Waals surface area contributed by atoms with E-state index in [1.807, 2.05) is 18.2 Å². The maximum Gasteiger partial charge on any atom is 0.182 e. The van der Waals surface area contributed by atoms with Crippen LogP contribution in [0.25, 0.3) is 16.7 Å². The average Bonchev–Trinajstić information content (AvgIpc) is 2.73. The summed E-state index contributed by atoms with van der Waals surface area (Å²) in [6.45, 7) is 4.18. The predicted octanol–water partition coefficient (Wildman–Crippen LogP) is 5.08. The molecular formula is C16H15BrN2OS. The number of nitrogens with zero attached hydrogens (tertiary/aromatic N) is 1. The number of ether oxygens (including phenoxy) is 1. The van der Waals surface area contributed by atoms with Crippen LogP contribution >= 0.6 is 28.1 Å². The number of halogens is 1. The van der Waals surface area contributed by atoms with E-state index >= 15 is 0 Å². The van der Waals surface area contributed by atoms with Crippen molar-refractivity contribution in [2.75, 3.05) is 7.11 Å². The molecule has 5 heteroatoms. The van der Waals surface area contributed by atoms with Crippen LogP contribution in [-0.4, -0.2) is 16.7 Å². The Morgan fingerprint density at radius 3 is 2.62 bits per heavy atom. The average molecular weight is 363 g/mol. The summed E-state index contributed by atoms with van der Waals surface area (Å²) in [6.07, 6.45) is 0. The number of hydrogen-bond donors (Lipinski definition) is 1. The Morgan fingerprint density at radius 1 is 1.19 bits per heavy atom. The van der Waals surface area contributed by atoms with Crippen molar-refractivity contribution in [2.45, 2.75) is 13.8 Å². The van der Waals surface area contributed by atoms with Gasteiger partial charge in [0.15, 0.2) is 4.77 Å². The maximum absolute atomic E-state index is 5.51. The van der Waals surface area contributed by atoms with Crippen molar-refractivity contribution in [2.24, 2.45) is 0 Å². The van der Waals surface area contributed by atoms with E-state index in [1.165, 1.54) is 11.1 Å². The van der Waals surface area contributed by atoms with Gasteiger partial charge in [0.05, 0.1) is 23.8 Å². The van der Waals surface area contributed by atoms with Gasteiger partial charge in [-0.15, -0.1) is 0 Å². The molecule has 108 valence electrons. The monoisotopic (exact) mass is 362 g/mol. The minimum Gasteiger partial charge on any atom is -0.497 e. The van der Waals surface area contributed by atoms with Gasteiger partial charge in [0.1, 0.15) is 5.75 Å². The standard InChI is InChI=1S/C16H15BrN2OS/c1-9-6-10(2)15(12(17)7-9)19-14-5-4-11(20-3)8-13(14)18-16(19)21/h4-8H,1-3H3,(H,18,21). The van der Waals surface area contributed by atoms with Gasteiger partial charge in [-0.3, -0.25) is 4.57 Å². The number of rotatable bonds is 2. The van der Waals surface area contributed by atoms with Crippen molar-refractivity contribution in [1.29, 1.82) is 0 Å². The summed E-state index contributed by atoms with van der Waals surface area (Å²) in [6, 6.07) is 10.2. The van der Waals surface area contributed by atoms with E-state index in [0.29, 0.717) is 4.77 Å². The zero-order valence-corrected chi connectivity index (χ0v) is 14.4. The van der Waals surface area contributed by atoms with Gasteiger partial charge in [0.2, 0.25) is 0 Å². The van der Waals surface area contributed by atoms with Gasteiger partial charge in [-0.05, 0) is 71.3 Å². The Balaban J connectivity index is 2.36. The van der Waals surface area contributed by atoms with Gasteiger partial charge in [-0.25, -0.2) is 0 Å². The lowest BCUT2D eigenvalue weighted by molar-refractivity contribution is 0.415. The third-order valence-corrected chi connectivity index (χ3v) is 4.40. The molecule has 0 aliphatic rings. The maximum atomic E-state index is 5.51. The first-order valence-corrected chi connectivity index (χ1v) is 7.77. The van der Waals surface area contributed by atoms with Crippen molar-refractivity contribution in [3.05, 3.63) is 50.7 Å². The summed E-state index contributed by atoms with van der Waals surface area (Å²) < 4.78 is 9.03. The number of hydrogen-bond acceptors (Lipinski definition) is 2. The van der Waals surface area contributed by atoms with Crippen LogP contribution < -0.4 is 4.74 Å². The number of fused-ring (bicyclic) bond motifs is 1. The number of benzene rings is 2. The van der Waals surface area contributed by atoms with E-state index in [-0.39, 0.29) is 0 Å². The molecule has 0 fully saturated rings. The molecule has 2 aromatic carbocycles. The van der Waals surface area contributed by atoms with Crippen LogP contribution in [0.5, 0.6) is 5.75 Å². The molecule has 0 amide bonds. The largest absolute Gasteiger partial charge is 0.497 e. The Hall–Kier alpha value is -1.59. The van der Waals surface area contributed by atoms with Gasteiger partial charge in [0.25, 0.3) is 0 Å². The summed E-state index contributed by atoms with van der Waals surface area (Å²) >= 11 is 9.17. The first-order chi connectivity index (χ1) is 10.0. The molecule has 0 atom stereocenters. The SMILES string of the molecule is COc1ccc2c(c1)[nH]c(=S)n2-c1c(C)cc(C)cc1Br. The third-order valence-electron chi connectivity index (χ3n) is 3.51. The van der Waals surface area contributed by atoms with Gasteiger partial charge in [-0.2, -0.15) is 0 Å². The molecule has 3 rings (SSSR count). The number of nitrogens with one attached hydrogen (secondary N) is 1. The zero-order chi connectivity index (χ0) is 15.1. The summed E-state index contributed by atoms with van der Waals surface area (Å²) in [5.41, 5.74) is 5.47. The number of methoxy groups -OCH3 is 1. The Bertz CT molecular complexity index is 872. The molecular weight excluding hydrogens is 348 g/mol. The molecule has 3 nitrogen and oxygen atoms in total. The lowest BCUT2D eigenvalue weighted by atomic mass is 10.1. The summed E-state index contributed by atoms with van der Waals surface area (Å²) in [5.74, 6) is 0.811. The molecule has 0 aliphatic heterocycles. The van der Waals surface area contributed by atoms with Crippen molar-refractivity contribution in [3.8, 4) is 11.4 Å². The molecule has 0 aliphatic carbocycles. The topological polar surface area (TPSA) is 29.9 Å². The second-order valence-electron chi connectivity index (χ2n) is 5.06. The highest BCUT2D eigenvalue weighted by molar-refractivity contribution is 9.10. The van der Waals surface area contributed by atoms with E-state index in [1.54, 1.807) is 7.11 Å². The molecule has 3 aromatic rings. The van der Waals surface area contributed by atoms with Crippen molar-refractivity contribution in [3.63, 3.8) is 0 Å². The van der Waals surface area contributed by atoms with Crippen molar-refractivity contribution in [1.82, 2.24) is 9.55 Å². The van der Waals surface area contributed by atoms with Crippen LogP contribution in [0, 0.1) is 18.6 Å². The van der Waals surface area contributed by atoms with E-state index in [0.717, 1.165) is 26.9 Å². The molecule has 0 radical (unpaired) electrons. The molecule has 21 heavy (non-hydrogen) atoms. The highest BCUT2D eigenvalue weighted by atomic mass is 79.9. The summed E-state index contributed by atoms with van der Waals surface area (Å²) in [7, 11) is 1.66. The highest BCUT2D eigenvalue weighted by Crippen LogP contribution is 2.31. The van der Waals surface area contributed by atoms with E-state index in [2.05, 4.69) is 51.5 Å². The number of aromatic nitrogens is 2. The Morgan fingerprint density at radius 2 is 1.95 bits per heavy atom. The molecule has 0 saturated carbocycles. The fourth-order valence-corrected chi connectivity index (χ4v) is 3.78. The summed E-state index contributed by atoms with van der Waals surface area (Å²) in [5, 5.41) is 0. The quantitative estimate of drug-likeness (QED) is 0.644. The highest BCUT2D eigenvalue weighted by Gasteiger charge is 2.13. The Labute approximate surface area is 136 Å². The van der Waals surface area contributed by atoms with Crippen LogP contribution in [0.15, 0.2) is 34.8 Å². The van der Waals surface area contributed by atoms with Crippen LogP contribution in [-0.2, 0) is 0 Å². The number of aryl methyl sites for hydroxylation is 2. The van der Waals surface area contributed by atoms with Crippen LogP contribution in [0.2, 0.25) is 0 Å². The number of aromatic amines is 1. The fraction of sp³-hybridized carbons (Fsp3) is 0.188. The zero-order valence-electron chi connectivity index (χ0n) is 12.0. The second kappa shape index (κ2) is 5.31. The molecule has 0 unspecified atom stereocenters.